The Morgan fingerprint density at radius 1 is 1.16 bits per heavy atom. The highest BCUT2D eigenvalue weighted by Gasteiger charge is 2.12. The smallest absolute Gasteiger partial charge is 0.119 e. The predicted octanol–water partition coefficient (Wildman–Crippen LogP) is 5.29. The average molecular weight is 380 g/mol. The predicted molar refractivity (Wildman–Crippen MR) is 111 cm³/mol. The topological polar surface area (TPSA) is 21.3 Å². The molecule has 0 saturated carbocycles. The summed E-state index contributed by atoms with van der Waals surface area (Å²) in [5.74, 6) is 1.63. The Kier molecular flexibility index (Phi) is 8.80. The highest BCUT2D eigenvalue weighted by Crippen LogP contribution is 2.26. The number of hydrogen-bond acceptors (Lipinski definition) is 3. The van der Waals surface area contributed by atoms with Gasteiger partial charge in [0.15, 0.2) is 0 Å². The Labute approximate surface area is 162 Å². The van der Waals surface area contributed by atoms with Gasteiger partial charge in [0.1, 0.15) is 5.75 Å². The van der Waals surface area contributed by atoms with Gasteiger partial charge in [0.25, 0.3) is 0 Å². The second-order valence-electron chi connectivity index (χ2n) is 6.84. The van der Waals surface area contributed by atoms with E-state index in [4.69, 9.17) is 4.74 Å². The fraction of sp³-hybridized carbons (Fsp3) is 0.524. The largest absolute Gasteiger partial charge is 0.493 e. The molecule has 0 saturated heterocycles. The average Bonchev–Trinajstić information content (AvgIpc) is 3.13. The first-order valence-electron chi connectivity index (χ1n) is 9.26. The number of halogens is 1. The highest BCUT2D eigenvalue weighted by molar-refractivity contribution is 7.09. The first-order valence-corrected chi connectivity index (χ1v) is 10.1. The number of ether oxygens (including phenoxy) is 1. The lowest BCUT2D eigenvalue weighted by Crippen LogP contribution is -2.24. The van der Waals surface area contributed by atoms with Crippen molar-refractivity contribution >= 4 is 23.7 Å². The SMILES string of the molecule is CNCC(CCCc1cccs1)COc1ccc2c(c1)CCCC2.Cl. The number of thiophene rings is 1. The Hall–Kier alpha value is -1.03. The molecule has 0 spiro atoms. The maximum Gasteiger partial charge on any atom is 0.119 e. The number of aryl methyl sites for hydroxylation is 3. The first kappa shape index (κ1) is 20.3. The van der Waals surface area contributed by atoms with Crippen LogP contribution in [0.2, 0.25) is 0 Å². The van der Waals surface area contributed by atoms with Gasteiger partial charge in [-0.25, -0.2) is 0 Å². The van der Waals surface area contributed by atoms with E-state index >= 15 is 0 Å². The molecular formula is C21H30ClNOS. The monoisotopic (exact) mass is 379 g/mol. The number of fused-ring (bicyclic) bond motifs is 1. The molecule has 25 heavy (non-hydrogen) atoms. The summed E-state index contributed by atoms with van der Waals surface area (Å²) in [6, 6.07) is 11.1. The van der Waals surface area contributed by atoms with E-state index in [0.717, 1.165) is 18.9 Å². The molecule has 4 heteroatoms. The zero-order chi connectivity index (χ0) is 16.6. The quantitative estimate of drug-likeness (QED) is 0.639. The van der Waals surface area contributed by atoms with E-state index in [2.05, 4.69) is 41.0 Å². The van der Waals surface area contributed by atoms with E-state index in [1.807, 2.05) is 18.4 Å². The summed E-state index contributed by atoms with van der Waals surface area (Å²) >= 11 is 1.86. The normalized spacial score (nSPS) is 14.4. The zero-order valence-corrected chi connectivity index (χ0v) is 16.8. The molecule has 1 aliphatic rings. The van der Waals surface area contributed by atoms with Crippen LogP contribution in [-0.2, 0) is 19.3 Å². The maximum absolute atomic E-state index is 6.14. The van der Waals surface area contributed by atoms with Crippen LogP contribution in [0.15, 0.2) is 35.7 Å². The molecule has 1 atom stereocenters. The lowest BCUT2D eigenvalue weighted by atomic mass is 9.92. The van der Waals surface area contributed by atoms with E-state index in [1.54, 1.807) is 0 Å². The maximum atomic E-state index is 6.14. The van der Waals surface area contributed by atoms with Crippen LogP contribution in [0.3, 0.4) is 0 Å². The van der Waals surface area contributed by atoms with Crippen molar-refractivity contribution in [2.75, 3.05) is 20.2 Å². The van der Waals surface area contributed by atoms with Crippen molar-refractivity contribution in [1.29, 1.82) is 0 Å². The molecule has 0 radical (unpaired) electrons. The van der Waals surface area contributed by atoms with Gasteiger partial charge in [0.2, 0.25) is 0 Å². The van der Waals surface area contributed by atoms with Gasteiger partial charge in [-0.2, -0.15) is 0 Å². The van der Waals surface area contributed by atoms with Gasteiger partial charge in [0, 0.05) is 17.3 Å². The molecule has 2 nitrogen and oxygen atoms in total. The Morgan fingerprint density at radius 3 is 2.76 bits per heavy atom. The van der Waals surface area contributed by atoms with Gasteiger partial charge in [-0.3, -0.25) is 0 Å². The van der Waals surface area contributed by atoms with Crippen LogP contribution in [0.25, 0.3) is 0 Å². The minimum atomic E-state index is 0. The molecule has 0 aliphatic heterocycles. The second kappa shape index (κ2) is 10.8. The molecule has 3 rings (SSSR count). The van der Waals surface area contributed by atoms with Crippen LogP contribution in [0.5, 0.6) is 5.75 Å². The molecule has 0 amide bonds. The van der Waals surface area contributed by atoms with Gasteiger partial charge in [-0.1, -0.05) is 12.1 Å². The lowest BCUT2D eigenvalue weighted by Gasteiger charge is -2.20. The number of nitrogens with one attached hydrogen (secondary N) is 1. The van der Waals surface area contributed by atoms with Crippen molar-refractivity contribution in [3.05, 3.63) is 51.7 Å². The minimum Gasteiger partial charge on any atom is -0.493 e. The fourth-order valence-electron chi connectivity index (χ4n) is 3.57. The van der Waals surface area contributed by atoms with Crippen molar-refractivity contribution < 1.29 is 4.74 Å². The molecule has 2 aromatic rings. The molecule has 138 valence electrons. The van der Waals surface area contributed by atoms with Crippen molar-refractivity contribution in [3.8, 4) is 5.75 Å². The van der Waals surface area contributed by atoms with Crippen molar-refractivity contribution in [3.63, 3.8) is 0 Å². The van der Waals surface area contributed by atoms with Crippen LogP contribution in [-0.4, -0.2) is 20.2 Å². The third kappa shape index (κ3) is 6.32. The third-order valence-corrected chi connectivity index (χ3v) is 5.85. The van der Waals surface area contributed by atoms with Gasteiger partial charge in [0.05, 0.1) is 6.61 Å². The molecule has 1 heterocycles. The van der Waals surface area contributed by atoms with E-state index in [-0.39, 0.29) is 12.4 Å². The molecule has 0 fully saturated rings. The van der Waals surface area contributed by atoms with E-state index in [9.17, 15) is 0 Å². The molecule has 1 aromatic carbocycles. The van der Waals surface area contributed by atoms with E-state index in [0.29, 0.717) is 5.92 Å². The van der Waals surface area contributed by atoms with Crippen LogP contribution in [0.4, 0.5) is 0 Å². The summed E-state index contributed by atoms with van der Waals surface area (Å²) < 4.78 is 6.14. The zero-order valence-electron chi connectivity index (χ0n) is 15.1. The fourth-order valence-corrected chi connectivity index (χ4v) is 4.32. The van der Waals surface area contributed by atoms with Crippen molar-refractivity contribution in [2.24, 2.45) is 5.92 Å². The summed E-state index contributed by atoms with van der Waals surface area (Å²) in [6.07, 6.45) is 8.75. The Bertz CT molecular complexity index is 614. The van der Waals surface area contributed by atoms with Crippen LogP contribution >= 0.6 is 23.7 Å². The summed E-state index contributed by atoms with van der Waals surface area (Å²) in [4.78, 5) is 1.49. The summed E-state index contributed by atoms with van der Waals surface area (Å²) in [6.45, 7) is 1.83. The summed E-state index contributed by atoms with van der Waals surface area (Å²) in [5, 5.41) is 5.49. The molecule has 1 N–H and O–H groups in total. The lowest BCUT2D eigenvalue weighted by molar-refractivity contribution is 0.235. The van der Waals surface area contributed by atoms with Gasteiger partial charge < -0.3 is 10.1 Å². The standard InChI is InChI=1S/C21H29NOS.ClH/c1-22-15-17(6-4-9-21-10-5-13-24-21)16-23-20-12-11-18-7-2-3-8-19(18)14-20;/h5,10-14,17,22H,2-4,6-9,15-16H2,1H3;1H. The Balaban J connectivity index is 0.00000225. The number of benzene rings is 1. The Morgan fingerprint density at radius 2 is 2.00 bits per heavy atom. The van der Waals surface area contributed by atoms with Crippen LogP contribution < -0.4 is 10.1 Å². The summed E-state index contributed by atoms with van der Waals surface area (Å²) in [7, 11) is 2.03. The first-order chi connectivity index (χ1) is 11.8. The highest BCUT2D eigenvalue weighted by atomic mass is 35.5. The summed E-state index contributed by atoms with van der Waals surface area (Å²) in [5.41, 5.74) is 3.03. The van der Waals surface area contributed by atoms with E-state index in [1.165, 1.54) is 60.9 Å². The van der Waals surface area contributed by atoms with Gasteiger partial charge in [-0.15, -0.1) is 23.7 Å². The number of rotatable bonds is 9. The molecule has 0 bridgehead atoms. The molecule has 1 aromatic heterocycles. The second-order valence-corrected chi connectivity index (χ2v) is 7.88. The van der Waals surface area contributed by atoms with Crippen molar-refractivity contribution in [1.82, 2.24) is 5.32 Å². The van der Waals surface area contributed by atoms with Gasteiger partial charge >= 0.3 is 0 Å². The van der Waals surface area contributed by atoms with Crippen molar-refractivity contribution in [2.45, 2.75) is 44.9 Å². The van der Waals surface area contributed by atoms with Crippen LogP contribution in [0, 0.1) is 5.92 Å². The number of hydrogen-bond donors (Lipinski definition) is 1. The molecule has 1 unspecified atom stereocenters. The minimum absolute atomic E-state index is 0. The molecular weight excluding hydrogens is 350 g/mol. The molecule has 1 aliphatic carbocycles. The van der Waals surface area contributed by atoms with Gasteiger partial charge in [-0.05, 0) is 86.7 Å². The third-order valence-electron chi connectivity index (χ3n) is 4.91. The van der Waals surface area contributed by atoms with Crippen LogP contribution in [0.1, 0.15) is 41.7 Å². The van der Waals surface area contributed by atoms with E-state index < -0.39 is 0 Å².